The Hall–Kier alpha value is -2.29. The molecule has 0 aliphatic heterocycles. The molecule has 0 aliphatic carbocycles. The molecule has 0 rings (SSSR count). The van der Waals surface area contributed by atoms with Gasteiger partial charge in [0.1, 0.15) is 19.3 Å². The molecule has 3 atom stereocenters. The van der Waals surface area contributed by atoms with Crippen molar-refractivity contribution < 1.29 is 37.3 Å². The second-order valence-electron chi connectivity index (χ2n) is 24.0. The van der Waals surface area contributed by atoms with Gasteiger partial charge >= 0.3 is 5.97 Å². The van der Waals surface area contributed by atoms with Crippen LogP contribution < -0.4 is 10.2 Å². The summed E-state index contributed by atoms with van der Waals surface area (Å²) in [6.07, 6.45) is 74.8. The molecule has 1 N–H and O–H groups in total. The zero-order valence-corrected chi connectivity index (χ0v) is 53.7. The standard InChI is InChI=1S/C69H129N2O7P/c1-7-10-13-16-19-22-25-27-29-30-31-32-33-34-35-36-37-38-39-40-42-43-46-49-52-55-58-61-68(72)70-66(65-77-79(74,75)76-64-63-71(4,5)6)67(60-57-54-51-48-45-24-21-18-15-12-9-3)78-69(73)62-59-56-53-50-47-44-41-28-26-23-20-17-14-11-8-2/h19,22-23,26-27,29,31-32,57,60,66-67H,7-18,20-21,24-25,28,30,33-56,58-59,61-65H2,1-6H3,(H-,70,72,74,75)/b22-19-,26-23-,29-27-,32-31-,60-57-. The summed E-state index contributed by atoms with van der Waals surface area (Å²) >= 11 is 0. The third-order valence-electron chi connectivity index (χ3n) is 14.9. The van der Waals surface area contributed by atoms with Crippen molar-refractivity contribution in [1.82, 2.24) is 5.32 Å². The monoisotopic (exact) mass is 1130 g/mol. The van der Waals surface area contributed by atoms with Crippen LogP contribution in [0, 0.1) is 0 Å². The fourth-order valence-electron chi connectivity index (χ4n) is 9.70. The Morgan fingerprint density at radius 1 is 0.443 bits per heavy atom. The average molecular weight is 1130 g/mol. The molecule has 0 spiro atoms. The highest BCUT2D eigenvalue weighted by Crippen LogP contribution is 2.38. The van der Waals surface area contributed by atoms with Gasteiger partial charge in [-0.15, -0.1) is 0 Å². The van der Waals surface area contributed by atoms with Gasteiger partial charge in [-0.1, -0.05) is 268 Å². The van der Waals surface area contributed by atoms with E-state index in [9.17, 15) is 19.0 Å². The third-order valence-corrected chi connectivity index (χ3v) is 15.9. The van der Waals surface area contributed by atoms with Crippen LogP contribution in [0.25, 0.3) is 0 Å². The summed E-state index contributed by atoms with van der Waals surface area (Å²) in [6, 6.07) is -0.890. The fourth-order valence-corrected chi connectivity index (χ4v) is 10.4. The van der Waals surface area contributed by atoms with Gasteiger partial charge < -0.3 is 28.5 Å². The lowest BCUT2D eigenvalue weighted by molar-refractivity contribution is -0.870. The van der Waals surface area contributed by atoms with Gasteiger partial charge in [-0.25, -0.2) is 0 Å². The minimum absolute atomic E-state index is 0.0230. The second-order valence-corrected chi connectivity index (χ2v) is 25.4. The Balaban J connectivity index is 5.00. The van der Waals surface area contributed by atoms with E-state index >= 15 is 0 Å². The molecular formula is C69H129N2O7P. The predicted octanol–water partition coefficient (Wildman–Crippen LogP) is 20.4. The Kier molecular flexibility index (Phi) is 57.2. The molecule has 1 amide bonds. The summed E-state index contributed by atoms with van der Waals surface area (Å²) in [5, 5.41) is 3.04. The number of likely N-dealkylation sites (N-methyl/N-ethyl adjacent to an activating group) is 1. The van der Waals surface area contributed by atoms with Gasteiger partial charge in [0.2, 0.25) is 5.91 Å². The van der Waals surface area contributed by atoms with Crippen LogP contribution in [-0.4, -0.2) is 69.4 Å². The minimum atomic E-state index is -4.70. The number of phosphoric acid groups is 1. The number of esters is 1. The lowest BCUT2D eigenvalue weighted by Gasteiger charge is -2.30. The predicted molar refractivity (Wildman–Crippen MR) is 339 cm³/mol. The molecule has 0 aromatic heterocycles. The van der Waals surface area contributed by atoms with E-state index in [1.165, 1.54) is 199 Å². The Bertz CT molecular complexity index is 1540. The number of phosphoric ester groups is 1. The average Bonchev–Trinajstić information content (AvgIpc) is 3.41. The molecule has 3 unspecified atom stereocenters. The van der Waals surface area contributed by atoms with Crippen molar-refractivity contribution >= 4 is 19.7 Å². The van der Waals surface area contributed by atoms with Crippen LogP contribution in [0.4, 0.5) is 0 Å². The van der Waals surface area contributed by atoms with Crippen molar-refractivity contribution in [3.8, 4) is 0 Å². The first-order valence-electron chi connectivity index (χ1n) is 33.6. The first-order valence-corrected chi connectivity index (χ1v) is 35.1. The first-order chi connectivity index (χ1) is 38.4. The van der Waals surface area contributed by atoms with Gasteiger partial charge in [0.15, 0.2) is 0 Å². The second kappa shape index (κ2) is 58.9. The van der Waals surface area contributed by atoms with E-state index in [2.05, 4.69) is 74.7 Å². The van der Waals surface area contributed by atoms with Crippen molar-refractivity contribution in [2.75, 3.05) is 40.9 Å². The number of nitrogens with one attached hydrogen (secondary N) is 1. The number of carbonyl (C=O) groups excluding carboxylic acids is 2. The molecule has 0 heterocycles. The van der Waals surface area contributed by atoms with E-state index in [4.69, 9.17) is 13.8 Å². The topological polar surface area (TPSA) is 114 Å². The molecular weight excluding hydrogens is 1000 g/mol. The Labute approximate surface area is 490 Å². The maximum absolute atomic E-state index is 13.6. The zero-order chi connectivity index (χ0) is 57.9. The highest BCUT2D eigenvalue weighted by Gasteiger charge is 2.27. The number of rotatable bonds is 61. The lowest BCUT2D eigenvalue weighted by atomic mass is 10.0. The molecule has 0 aliphatic rings. The molecule has 0 saturated heterocycles. The van der Waals surface area contributed by atoms with Gasteiger partial charge in [-0.2, -0.15) is 0 Å². The van der Waals surface area contributed by atoms with E-state index < -0.39 is 20.0 Å². The maximum atomic E-state index is 13.6. The number of allylic oxidation sites excluding steroid dienone is 9. The van der Waals surface area contributed by atoms with E-state index in [0.29, 0.717) is 17.4 Å². The van der Waals surface area contributed by atoms with Crippen LogP contribution in [0.2, 0.25) is 0 Å². The molecule has 9 nitrogen and oxygen atoms in total. The highest BCUT2D eigenvalue weighted by atomic mass is 31.2. The van der Waals surface area contributed by atoms with E-state index in [1.54, 1.807) is 0 Å². The molecule has 79 heavy (non-hydrogen) atoms. The van der Waals surface area contributed by atoms with Crippen molar-refractivity contribution in [2.24, 2.45) is 0 Å². The number of unbranched alkanes of at least 4 members (excludes halogenated alkanes) is 37. The highest BCUT2D eigenvalue weighted by molar-refractivity contribution is 7.45. The third kappa shape index (κ3) is 60.1. The summed E-state index contributed by atoms with van der Waals surface area (Å²) in [4.78, 5) is 40.0. The van der Waals surface area contributed by atoms with Gasteiger partial charge in [0.05, 0.1) is 33.8 Å². The van der Waals surface area contributed by atoms with E-state index in [1.807, 2.05) is 33.3 Å². The Morgan fingerprint density at radius 2 is 0.772 bits per heavy atom. The summed E-state index contributed by atoms with van der Waals surface area (Å²) in [5.74, 6) is -0.539. The molecule has 462 valence electrons. The van der Waals surface area contributed by atoms with Crippen molar-refractivity contribution in [2.45, 2.75) is 328 Å². The normalized spacial score (nSPS) is 14.0. The summed E-state index contributed by atoms with van der Waals surface area (Å²) in [7, 11) is 1.19. The molecule has 0 aromatic carbocycles. The number of hydrogen-bond acceptors (Lipinski definition) is 7. The van der Waals surface area contributed by atoms with Gasteiger partial charge in [0.25, 0.3) is 7.82 Å². The lowest BCUT2D eigenvalue weighted by Crippen LogP contribution is -2.47. The molecule has 0 saturated carbocycles. The van der Waals surface area contributed by atoms with Gasteiger partial charge in [-0.05, 0) is 96.0 Å². The fraction of sp³-hybridized carbons (Fsp3) is 0.826. The van der Waals surface area contributed by atoms with Crippen molar-refractivity contribution in [3.05, 3.63) is 60.8 Å². The Morgan fingerprint density at radius 3 is 1.20 bits per heavy atom. The van der Waals surface area contributed by atoms with E-state index in [0.717, 1.165) is 83.5 Å². The first kappa shape index (κ1) is 76.7. The number of nitrogens with zero attached hydrogens (tertiary/aromatic N) is 1. The quantitative estimate of drug-likeness (QED) is 0.0212. The van der Waals surface area contributed by atoms with Gasteiger partial charge in [-0.3, -0.25) is 14.2 Å². The molecule has 0 radical (unpaired) electrons. The molecule has 0 bridgehead atoms. The minimum Gasteiger partial charge on any atom is -0.756 e. The zero-order valence-electron chi connectivity index (χ0n) is 52.8. The molecule has 0 aromatic rings. The molecule has 10 heteroatoms. The van der Waals surface area contributed by atoms with Crippen LogP contribution in [0.3, 0.4) is 0 Å². The van der Waals surface area contributed by atoms with Crippen LogP contribution in [-0.2, 0) is 27.9 Å². The molecule has 0 fully saturated rings. The van der Waals surface area contributed by atoms with Crippen LogP contribution in [0.1, 0.15) is 316 Å². The SMILES string of the molecule is CCCCC/C=C\C/C=C\C/C=C\CCCCCCCCCCCCCCCCC(=O)NC(COP(=O)([O-])OCC[N+](C)(C)C)C(/C=C\CCCCCCCCCCC)OC(=O)CCCCCCCCC/C=C\CCCCCC. The summed E-state index contributed by atoms with van der Waals surface area (Å²) in [6.45, 7) is 6.82. The van der Waals surface area contributed by atoms with Crippen molar-refractivity contribution in [1.29, 1.82) is 0 Å². The van der Waals surface area contributed by atoms with Gasteiger partial charge in [0, 0.05) is 12.8 Å². The largest absolute Gasteiger partial charge is 0.756 e. The van der Waals surface area contributed by atoms with Crippen LogP contribution in [0.5, 0.6) is 0 Å². The summed E-state index contributed by atoms with van der Waals surface area (Å²) in [5.41, 5.74) is 0. The van der Waals surface area contributed by atoms with Crippen molar-refractivity contribution in [3.63, 3.8) is 0 Å². The number of hydrogen-bond donors (Lipinski definition) is 1. The number of carbonyl (C=O) groups is 2. The smallest absolute Gasteiger partial charge is 0.306 e. The summed E-state index contributed by atoms with van der Waals surface area (Å²) < 4.78 is 30.3. The number of amides is 1. The van der Waals surface area contributed by atoms with E-state index in [-0.39, 0.29) is 31.5 Å². The maximum Gasteiger partial charge on any atom is 0.306 e. The van der Waals surface area contributed by atoms with Crippen LogP contribution in [0.15, 0.2) is 60.8 Å². The van der Waals surface area contributed by atoms with Crippen LogP contribution >= 0.6 is 7.82 Å². The number of quaternary nitrogens is 1. The number of ether oxygens (including phenoxy) is 1.